The lowest BCUT2D eigenvalue weighted by atomic mass is 9.74. The number of fused-ring (bicyclic) bond motifs is 8. The number of benzene rings is 7. The quantitative estimate of drug-likeness (QED) is 0.185. The normalized spacial score (nSPS) is 17.8. The summed E-state index contributed by atoms with van der Waals surface area (Å²) >= 11 is 0. The SMILES string of the molecule is CC1(C)c2ccc(N(c3ccccc3)c3ccc(-c4cc5c6ccccc6ccc5c5ccccc45)cc3)cc2C2C=CC=CC21. The van der Waals surface area contributed by atoms with Crippen molar-refractivity contribution in [3.8, 4) is 11.1 Å². The molecule has 1 heteroatoms. The topological polar surface area (TPSA) is 3.24 Å². The van der Waals surface area contributed by atoms with Crippen molar-refractivity contribution in [3.05, 3.63) is 175 Å². The molecule has 2 unspecified atom stereocenters. The summed E-state index contributed by atoms with van der Waals surface area (Å²) in [5.74, 6) is 0.897. The maximum absolute atomic E-state index is 2.44. The number of rotatable bonds is 4. The van der Waals surface area contributed by atoms with Gasteiger partial charge in [0.1, 0.15) is 0 Å². The lowest BCUT2D eigenvalue weighted by Crippen LogP contribution is -2.24. The monoisotopic (exact) mass is 589 g/mol. The first-order chi connectivity index (χ1) is 22.6. The zero-order valence-electron chi connectivity index (χ0n) is 26.2. The van der Waals surface area contributed by atoms with Crippen molar-refractivity contribution in [3.63, 3.8) is 0 Å². The Hall–Kier alpha value is -5.40. The van der Waals surface area contributed by atoms with Gasteiger partial charge in [-0.15, -0.1) is 0 Å². The van der Waals surface area contributed by atoms with E-state index in [9.17, 15) is 0 Å². The van der Waals surface area contributed by atoms with E-state index in [0.717, 1.165) is 11.4 Å². The van der Waals surface area contributed by atoms with Crippen LogP contribution in [0.2, 0.25) is 0 Å². The summed E-state index contributed by atoms with van der Waals surface area (Å²) in [6, 6.07) is 51.5. The molecule has 0 saturated heterocycles. The van der Waals surface area contributed by atoms with Gasteiger partial charge in [-0.25, -0.2) is 0 Å². The lowest BCUT2D eigenvalue weighted by Gasteiger charge is -2.29. The van der Waals surface area contributed by atoms with Gasteiger partial charge in [-0.2, -0.15) is 0 Å². The van der Waals surface area contributed by atoms with E-state index in [0.29, 0.717) is 11.8 Å². The van der Waals surface area contributed by atoms with Crippen molar-refractivity contribution in [2.75, 3.05) is 4.90 Å². The predicted molar refractivity (Wildman–Crippen MR) is 197 cm³/mol. The molecule has 1 nitrogen and oxygen atoms in total. The molecule has 2 aliphatic carbocycles. The Labute approximate surface area is 270 Å². The molecular formula is C45H35N. The summed E-state index contributed by atoms with van der Waals surface area (Å²) < 4.78 is 0. The van der Waals surface area contributed by atoms with Crippen LogP contribution in [0.5, 0.6) is 0 Å². The highest BCUT2D eigenvalue weighted by atomic mass is 15.1. The summed E-state index contributed by atoms with van der Waals surface area (Å²) in [5.41, 5.74) is 9.00. The van der Waals surface area contributed by atoms with E-state index in [-0.39, 0.29) is 5.41 Å². The van der Waals surface area contributed by atoms with Gasteiger partial charge in [0.2, 0.25) is 0 Å². The number of hydrogen-bond acceptors (Lipinski definition) is 1. The van der Waals surface area contributed by atoms with Gasteiger partial charge in [0.25, 0.3) is 0 Å². The second-order valence-electron chi connectivity index (χ2n) is 13.4. The zero-order valence-corrected chi connectivity index (χ0v) is 26.2. The van der Waals surface area contributed by atoms with Crippen molar-refractivity contribution < 1.29 is 0 Å². The lowest BCUT2D eigenvalue weighted by molar-refractivity contribution is 0.394. The Balaban J connectivity index is 1.18. The van der Waals surface area contributed by atoms with E-state index < -0.39 is 0 Å². The van der Waals surface area contributed by atoms with Crippen LogP contribution in [0, 0.1) is 5.92 Å². The highest BCUT2D eigenvalue weighted by Crippen LogP contribution is 2.54. The molecule has 0 aromatic heterocycles. The fraction of sp³-hybridized carbons (Fsp3) is 0.111. The van der Waals surface area contributed by atoms with Gasteiger partial charge in [-0.1, -0.05) is 135 Å². The first-order valence-electron chi connectivity index (χ1n) is 16.4. The average molecular weight is 590 g/mol. The largest absolute Gasteiger partial charge is 0.310 e. The Morgan fingerprint density at radius 1 is 0.500 bits per heavy atom. The van der Waals surface area contributed by atoms with Crippen LogP contribution in [0.25, 0.3) is 43.4 Å². The third-order valence-electron chi connectivity index (χ3n) is 10.5. The molecule has 2 aliphatic rings. The van der Waals surface area contributed by atoms with E-state index in [1.807, 2.05) is 0 Å². The fourth-order valence-corrected chi connectivity index (χ4v) is 8.24. The van der Waals surface area contributed by atoms with Gasteiger partial charge in [0, 0.05) is 23.0 Å². The van der Waals surface area contributed by atoms with Crippen LogP contribution < -0.4 is 4.90 Å². The van der Waals surface area contributed by atoms with Crippen LogP contribution in [-0.2, 0) is 5.41 Å². The number of anilines is 3. The van der Waals surface area contributed by atoms with Crippen molar-refractivity contribution in [1.29, 1.82) is 0 Å². The maximum Gasteiger partial charge on any atom is 0.0464 e. The molecular weight excluding hydrogens is 555 g/mol. The molecule has 0 saturated carbocycles. The van der Waals surface area contributed by atoms with Crippen molar-refractivity contribution in [2.24, 2.45) is 5.92 Å². The third kappa shape index (κ3) is 4.08. The van der Waals surface area contributed by atoms with E-state index in [1.54, 1.807) is 0 Å². The highest BCUT2D eigenvalue weighted by Gasteiger charge is 2.44. The van der Waals surface area contributed by atoms with Gasteiger partial charge in [0.15, 0.2) is 0 Å². The van der Waals surface area contributed by atoms with Crippen LogP contribution >= 0.6 is 0 Å². The third-order valence-corrected chi connectivity index (χ3v) is 10.5. The molecule has 0 radical (unpaired) electrons. The Morgan fingerprint density at radius 2 is 1.15 bits per heavy atom. The molecule has 0 aliphatic heterocycles. The molecule has 0 heterocycles. The van der Waals surface area contributed by atoms with Gasteiger partial charge >= 0.3 is 0 Å². The number of para-hydroxylation sites is 1. The smallest absolute Gasteiger partial charge is 0.0464 e. The van der Waals surface area contributed by atoms with E-state index >= 15 is 0 Å². The molecule has 46 heavy (non-hydrogen) atoms. The summed E-state index contributed by atoms with van der Waals surface area (Å²) in [5, 5.41) is 7.74. The minimum absolute atomic E-state index is 0.104. The first kappa shape index (κ1) is 27.0. The highest BCUT2D eigenvalue weighted by molar-refractivity contribution is 6.21. The van der Waals surface area contributed by atoms with Gasteiger partial charge in [0.05, 0.1) is 0 Å². The van der Waals surface area contributed by atoms with Gasteiger partial charge < -0.3 is 4.90 Å². The molecule has 0 amide bonds. The minimum atomic E-state index is 0.104. The fourth-order valence-electron chi connectivity index (χ4n) is 8.24. The number of allylic oxidation sites excluding steroid dienone is 4. The number of nitrogens with zero attached hydrogens (tertiary/aromatic N) is 1. The van der Waals surface area contributed by atoms with Crippen LogP contribution in [0.1, 0.15) is 30.9 Å². The van der Waals surface area contributed by atoms with E-state index in [2.05, 4.69) is 183 Å². The molecule has 2 atom stereocenters. The molecule has 7 aromatic carbocycles. The minimum Gasteiger partial charge on any atom is -0.310 e. The molecule has 0 spiro atoms. The van der Waals surface area contributed by atoms with Crippen LogP contribution in [0.3, 0.4) is 0 Å². The second kappa shape index (κ2) is 10.3. The standard InChI is InChI=1S/C45H35N/c1-45(2)43-19-11-10-18-39(43)42-28-34(25-27-44(42)45)46(32-13-4-3-5-14-32)33-23-20-31(21-24-33)40-29-41-35-15-7-6-12-30(35)22-26-38(41)36-16-8-9-17-37(36)40/h3-29,39,43H,1-2H3. The van der Waals surface area contributed by atoms with Crippen LogP contribution in [0.15, 0.2) is 164 Å². The molecule has 220 valence electrons. The Kier molecular flexibility index (Phi) is 6.05. The van der Waals surface area contributed by atoms with Crippen molar-refractivity contribution in [1.82, 2.24) is 0 Å². The average Bonchev–Trinajstić information content (AvgIpc) is 3.34. The van der Waals surface area contributed by atoms with E-state index in [1.165, 1.54) is 60.3 Å². The van der Waals surface area contributed by atoms with Crippen LogP contribution in [0.4, 0.5) is 17.1 Å². The Bertz CT molecular complexity index is 2340. The molecule has 0 bridgehead atoms. The predicted octanol–water partition coefficient (Wildman–Crippen LogP) is 12.4. The van der Waals surface area contributed by atoms with Crippen molar-refractivity contribution >= 4 is 49.4 Å². The molecule has 7 aromatic rings. The zero-order chi connectivity index (χ0) is 30.8. The first-order valence-corrected chi connectivity index (χ1v) is 16.4. The Morgan fingerprint density at radius 3 is 1.98 bits per heavy atom. The van der Waals surface area contributed by atoms with Gasteiger partial charge in [-0.05, 0) is 108 Å². The molecule has 0 fully saturated rings. The molecule has 9 rings (SSSR count). The summed E-state index contributed by atoms with van der Waals surface area (Å²) in [6.07, 6.45) is 9.22. The summed E-state index contributed by atoms with van der Waals surface area (Å²) in [4.78, 5) is 2.40. The number of hydrogen-bond donors (Lipinski definition) is 0. The van der Waals surface area contributed by atoms with E-state index in [4.69, 9.17) is 0 Å². The summed E-state index contributed by atoms with van der Waals surface area (Å²) in [6.45, 7) is 4.79. The maximum atomic E-state index is 2.44. The second-order valence-corrected chi connectivity index (χ2v) is 13.4. The van der Waals surface area contributed by atoms with Crippen LogP contribution in [-0.4, -0.2) is 0 Å². The molecule has 0 N–H and O–H groups in total. The summed E-state index contributed by atoms with van der Waals surface area (Å²) in [7, 11) is 0. The van der Waals surface area contributed by atoms with Crippen molar-refractivity contribution in [2.45, 2.75) is 25.2 Å². The van der Waals surface area contributed by atoms with Gasteiger partial charge in [-0.3, -0.25) is 0 Å².